The Kier molecular flexibility index (Phi) is 4.41. The number of fused-ring (bicyclic) bond motifs is 1. The van der Waals surface area contributed by atoms with Crippen molar-refractivity contribution in [3.8, 4) is 11.3 Å². The summed E-state index contributed by atoms with van der Waals surface area (Å²) in [4.78, 5) is 28.1. The number of aromatic nitrogens is 3. The van der Waals surface area contributed by atoms with Gasteiger partial charge in [0.1, 0.15) is 11.2 Å². The molecule has 7 heteroatoms. The smallest absolute Gasteiger partial charge is 0.267 e. The molecule has 0 amide bonds. The minimum atomic E-state index is -0.422. The molecule has 0 bridgehead atoms. The average Bonchev–Trinajstić information content (AvgIpc) is 2.71. The van der Waals surface area contributed by atoms with Crippen molar-refractivity contribution in [3.05, 3.63) is 98.5 Å². The van der Waals surface area contributed by atoms with Crippen LogP contribution in [0.15, 0.2) is 71.7 Å². The maximum Gasteiger partial charge on any atom is 0.276 e. The Hall–Kier alpha value is -3.87. The van der Waals surface area contributed by atoms with Crippen LogP contribution in [0, 0.1) is 17.0 Å². The number of rotatable bonds is 4. The minimum Gasteiger partial charge on any atom is -0.267 e. The summed E-state index contributed by atoms with van der Waals surface area (Å²) in [5, 5.41) is 16.3. The number of aryl methyl sites for hydroxylation is 1. The highest BCUT2D eigenvalue weighted by atomic mass is 16.6. The number of nitrogens with zero attached hydrogens (tertiary/aromatic N) is 4. The Morgan fingerprint density at radius 3 is 2.61 bits per heavy atom. The van der Waals surface area contributed by atoms with Crippen molar-refractivity contribution in [3.63, 3.8) is 0 Å². The molecule has 7 nitrogen and oxygen atoms in total. The van der Waals surface area contributed by atoms with Gasteiger partial charge >= 0.3 is 0 Å². The van der Waals surface area contributed by atoms with Crippen LogP contribution in [0.4, 0.5) is 5.69 Å². The van der Waals surface area contributed by atoms with Crippen LogP contribution in [0.25, 0.3) is 22.2 Å². The quantitative estimate of drug-likeness (QED) is 0.402. The lowest BCUT2D eigenvalue weighted by Crippen LogP contribution is -2.24. The van der Waals surface area contributed by atoms with Crippen molar-refractivity contribution in [2.24, 2.45) is 0 Å². The molecule has 0 atom stereocenters. The van der Waals surface area contributed by atoms with Gasteiger partial charge in [-0.1, -0.05) is 42.5 Å². The Morgan fingerprint density at radius 2 is 1.86 bits per heavy atom. The molecule has 0 N–H and O–H groups in total. The monoisotopic (exact) mass is 372 g/mol. The maximum atomic E-state index is 12.9. The summed E-state index contributed by atoms with van der Waals surface area (Å²) >= 11 is 0. The van der Waals surface area contributed by atoms with E-state index in [1.165, 1.54) is 10.7 Å². The molecule has 0 spiro atoms. The van der Waals surface area contributed by atoms with Crippen LogP contribution in [0.5, 0.6) is 0 Å². The molecule has 0 aliphatic heterocycles. The molecule has 0 unspecified atom stereocenters. The van der Waals surface area contributed by atoms with E-state index in [9.17, 15) is 14.9 Å². The predicted molar refractivity (Wildman–Crippen MR) is 106 cm³/mol. The van der Waals surface area contributed by atoms with E-state index in [2.05, 4.69) is 10.1 Å². The second-order valence-corrected chi connectivity index (χ2v) is 6.45. The first-order chi connectivity index (χ1) is 13.5. The zero-order valence-electron chi connectivity index (χ0n) is 15.1. The number of hydrogen-bond acceptors (Lipinski definition) is 5. The third kappa shape index (κ3) is 3.14. The van der Waals surface area contributed by atoms with Gasteiger partial charge in [-0.2, -0.15) is 5.10 Å². The minimum absolute atomic E-state index is 0.00388. The standard InChI is InChI=1S/C21H16N4O3/c1-14-9-10-16(12-18(14)25(27)28)19-20-17(8-5-11-22-20)21(26)24(23-19)13-15-6-3-2-4-7-15/h2-12H,13H2,1H3. The Bertz CT molecular complexity index is 1250. The molecule has 0 saturated heterocycles. The molecule has 0 saturated carbocycles. The van der Waals surface area contributed by atoms with E-state index in [1.807, 2.05) is 30.3 Å². The lowest BCUT2D eigenvalue weighted by atomic mass is 10.1. The molecule has 4 rings (SSSR count). The first-order valence-corrected chi connectivity index (χ1v) is 8.70. The molecular weight excluding hydrogens is 356 g/mol. The second kappa shape index (κ2) is 7.03. The molecule has 4 aromatic rings. The van der Waals surface area contributed by atoms with Crippen LogP contribution >= 0.6 is 0 Å². The SMILES string of the molecule is Cc1ccc(-c2nn(Cc3ccccc3)c(=O)c3cccnc23)cc1[N+](=O)[O-]. The molecule has 0 aliphatic rings. The van der Waals surface area contributed by atoms with Crippen molar-refractivity contribution < 1.29 is 4.92 Å². The number of hydrogen-bond donors (Lipinski definition) is 0. The molecule has 0 aliphatic carbocycles. The van der Waals surface area contributed by atoms with Crippen molar-refractivity contribution in [1.82, 2.24) is 14.8 Å². The van der Waals surface area contributed by atoms with Gasteiger partial charge in [0.05, 0.1) is 16.9 Å². The fraction of sp³-hybridized carbons (Fsp3) is 0.0952. The van der Waals surface area contributed by atoms with Gasteiger partial charge in [0.15, 0.2) is 0 Å². The summed E-state index contributed by atoms with van der Waals surface area (Å²) in [6.45, 7) is 1.98. The molecular formula is C21H16N4O3. The Labute approximate surface area is 160 Å². The Balaban J connectivity index is 1.96. The molecule has 2 heterocycles. The van der Waals surface area contributed by atoms with Gasteiger partial charge in [-0.05, 0) is 24.6 Å². The zero-order valence-corrected chi connectivity index (χ0v) is 15.1. The van der Waals surface area contributed by atoms with Gasteiger partial charge in [-0.25, -0.2) is 4.68 Å². The first kappa shape index (κ1) is 17.5. The van der Waals surface area contributed by atoms with Gasteiger partial charge in [-0.3, -0.25) is 19.9 Å². The number of benzene rings is 2. The highest BCUT2D eigenvalue weighted by Crippen LogP contribution is 2.28. The lowest BCUT2D eigenvalue weighted by molar-refractivity contribution is -0.385. The van der Waals surface area contributed by atoms with E-state index in [4.69, 9.17) is 0 Å². The van der Waals surface area contributed by atoms with Gasteiger partial charge in [0.25, 0.3) is 11.2 Å². The fourth-order valence-corrected chi connectivity index (χ4v) is 3.13. The normalized spacial score (nSPS) is 10.9. The topological polar surface area (TPSA) is 90.9 Å². The van der Waals surface area contributed by atoms with E-state index in [0.29, 0.717) is 34.3 Å². The fourth-order valence-electron chi connectivity index (χ4n) is 3.13. The number of nitro benzene ring substituents is 1. The molecule has 2 aromatic heterocycles. The van der Waals surface area contributed by atoms with Gasteiger partial charge in [-0.15, -0.1) is 0 Å². The van der Waals surface area contributed by atoms with Crippen LogP contribution < -0.4 is 5.56 Å². The van der Waals surface area contributed by atoms with Gasteiger partial charge in [0, 0.05) is 23.4 Å². The predicted octanol–water partition coefficient (Wildman–Crippen LogP) is 3.72. The molecule has 2 aromatic carbocycles. The summed E-state index contributed by atoms with van der Waals surface area (Å²) in [5.41, 5.74) is 2.65. The first-order valence-electron chi connectivity index (χ1n) is 8.70. The van der Waals surface area contributed by atoms with Crippen molar-refractivity contribution >= 4 is 16.6 Å². The third-order valence-electron chi connectivity index (χ3n) is 4.57. The van der Waals surface area contributed by atoms with Crippen LogP contribution in [0.1, 0.15) is 11.1 Å². The van der Waals surface area contributed by atoms with Crippen molar-refractivity contribution in [1.29, 1.82) is 0 Å². The molecule has 0 radical (unpaired) electrons. The van der Waals surface area contributed by atoms with E-state index < -0.39 is 4.92 Å². The summed E-state index contributed by atoms with van der Waals surface area (Å²) < 4.78 is 1.38. The number of nitro groups is 1. The van der Waals surface area contributed by atoms with Crippen molar-refractivity contribution in [2.45, 2.75) is 13.5 Å². The highest BCUT2D eigenvalue weighted by molar-refractivity contribution is 5.90. The van der Waals surface area contributed by atoms with Crippen LogP contribution in [-0.2, 0) is 6.54 Å². The maximum absolute atomic E-state index is 12.9. The molecule has 0 fully saturated rings. The summed E-state index contributed by atoms with van der Waals surface area (Å²) in [6, 6.07) is 17.8. The van der Waals surface area contributed by atoms with E-state index in [0.717, 1.165) is 5.56 Å². The molecule has 28 heavy (non-hydrogen) atoms. The average molecular weight is 372 g/mol. The number of pyridine rings is 1. The van der Waals surface area contributed by atoms with Crippen LogP contribution in [-0.4, -0.2) is 19.7 Å². The van der Waals surface area contributed by atoms with E-state index in [-0.39, 0.29) is 11.2 Å². The highest BCUT2D eigenvalue weighted by Gasteiger charge is 2.17. The van der Waals surface area contributed by atoms with E-state index in [1.54, 1.807) is 37.4 Å². The van der Waals surface area contributed by atoms with Crippen LogP contribution in [0.2, 0.25) is 0 Å². The Morgan fingerprint density at radius 1 is 1.07 bits per heavy atom. The molecule has 138 valence electrons. The van der Waals surface area contributed by atoms with Crippen LogP contribution in [0.3, 0.4) is 0 Å². The zero-order chi connectivity index (χ0) is 19.7. The summed E-state index contributed by atoms with van der Waals surface area (Å²) in [5.74, 6) is 0. The van der Waals surface area contributed by atoms with Gasteiger partial charge < -0.3 is 0 Å². The van der Waals surface area contributed by atoms with E-state index >= 15 is 0 Å². The summed E-state index contributed by atoms with van der Waals surface area (Å²) in [7, 11) is 0. The second-order valence-electron chi connectivity index (χ2n) is 6.45. The lowest BCUT2D eigenvalue weighted by Gasteiger charge is -2.11. The summed E-state index contributed by atoms with van der Waals surface area (Å²) in [6.07, 6.45) is 1.58. The van der Waals surface area contributed by atoms with Gasteiger partial charge in [0.2, 0.25) is 0 Å². The third-order valence-corrected chi connectivity index (χ3v) is 4.57. The van der Waals surface area contributed by atoms with Crippen molar-refractivity contribution in [2.75, 3.05) is 0 Å². The largest absolute Gasteiger partial charge is 0.276 e.